The molecule has 6 nitrogen and oxygen atoms in total. The predicted octanol–water partition coefficient (Wildman–Crippen LogP) is -1.49. The van der Waals surface area contributed by atoms with Crippen LogP contribution in [-0.2, 0) is 4.74 Å². The summed E-state index contributed by atoms with van der Waals surface area (Å²) >= 11 is 0. The average Bonchev–Trinajstić information content (AvgIpc) is 2.72. The summed E-state index contributed by atoms with van der Waals surface area (Å²) in [4.78, 5) is 25.1. The highest BCUT2D eigenvalue weighted by atomic mass is 16.5. The highest BCUT2D eigenvalue weighted by Crippen LogP contribution is 2.30. The molecule has 1 saturated heterocycles. The first kappa shape index (κ1) is 13.2. The Balaban J connectivity index is 2.28. The smallest absolute Gasteiger partial charge is 0.330 e. The second-order valence-electron chi connectivity index (χ2n) is 4.52. The van der Waals surface area contributed by atoms with Gasteiger partial charge < -0.3 is 9.84 Å². The minimum atomic E-state index is -1.93. The Hall–Kier alpha value is -1.27. The quantitative estimate of drug-likeness (QED) is 0.622. The summed E-state index contributed by atoms with van der Waals surface area (Å²) in [5, 5.41) is 7.50. The molecule has 1 aromatic rings. The van der Waals surface area contributed by atoms with Crippen LogP contribution in [0.4, 0.5) is 0 Å². The molecule has 18 heavy (non-hydrogen) atoms. The van der Waals surface area contributed by atoms with Crippen molar-refractivity contribution in [1.82, 2.24) is 9.55 Å². The minimum absolute atomic E-state index is 0.400. The first-order chi connectivity index (χ1) is 8.29. The number of hydrogen-bond acceptors (Lipinski definition) is 4. The van der Waals surface area contributed by atoms with Crippen molar-refractivity contribution in [1.29, 1.82) is 0 Å². The Morgan fingerprint density at radius 2 is 2.17 bits per heavy atom. The summed E-state index contributed by atoms with van der Waals surface area (Å²) in [5.74, 6) is 0. The van der Waals surface area contributed by atoms with Crippen LogP contribution in [0, 0.1) is 6.92 Å². The second kappa shape index (κ2) is 4.44. The summed E-state index contributed by atoms with van der Waals surface area (Å²) in [6.45, 7) is 1.59. The van der Waals surface area contributed by atoms with E-state index in [1.165, 1.54) is 10.8 Å². The van der Waals surface area contributed by atoms with Crippen LogP contribution in [-0.4, -0.2) is 41.9 Å². The number of aromatic nitrogens is 2. The zero-order valence-corrected chi connectivity index (χ0v) is 9.92. The molecule has 0 bridgehead atoms. The molecule has 0 aliphatic carbocycles. The van der Waals surface area contributed by atoms with E-state index in [-0.39, 0.29) is 0 Å². The molecule has 92 valence electrons. The van der Waals surface area contributed by atoms with Crippen molar-refractivity contribution in [3.63, 3.8) is 0 Å². The number of ether oxygens (including phenoxy) is 1. The molecular formula is C10H12B2N2O4. The molecular weight excluding hydrogens is 234 g/mol. The fourth-order valence-corrected chi connectivity index (χ4v) is 1.96. The average molecular weight is 246 g/mol. The zero-order valence-electron chi connectivity index (χ0n) is 9.92. The van der Waals surface area contributed by atoms with Gasteiger partial charge in [-0.1, -0.05) is 0 Å². The number of nitrogens with one attached hydrogen (secondary N) is 1. The molecule has 1 aliphatic heterocycles. The molecule has 2 unspecified atom stereocenters. The van der Waals surface area contributed by atoms with Crippen molar-refractivity contribution in [2.24, 2.45) is 0 Å². The molecule has 0 amide bonds. The van der Waals surface area contributed by atoms with Crippen LogP contribution in [0.1, 0.15) is 24.6 Å². The van der Waals surface area contributed by atoms with Crippen molar-refractivity contribution in [3.05, 3.63) is 32.6 Å². The summed E-state index contributed by atoms with van der Waals surface area (Å²) in [5.41, 5.74) is -0.591. The fraction of sp³-hybridized carbons (Fsp3) is 0.600. The first-order valence-electron chi connectivity index (χ1n) is 5.56. The van der Waals surface area contributed by atoms with Gasteiger partial charge in [0.05, 0.1) is 6.10 Å². The largest absolute Gasteiger partial charge is 0.407 e. The maximum absolute atomic E-state index is 11.6. The van der Waals surface area contributed by atoms with Gasteiger partial charge in [-0.05, 0) is 19.8 Å². The molecule has 2 heterocycles. The molecule has 0 aromatic carbocycles. The normalized spacial score (nSPS) is 24.3. The highest BCUT2D eigenvalue weighted by molar-refractivity contribution is 6.39. The number of nitrogens with zero attached hydrogens (tertiary/aromatic N) is 1. The number of hydrogen-bond donors (Lipinski definition) is 2. The predicted molar refractivity (Wildman–Crippen MR) is 65.7 cm³/mol. The lowest BCUT2D eigenvalue weighted by molar-refractivity contribution is -0.0503. The number of rotatable bonds is 2. The van der Waals surface area contributed by atoms with Crippen LogP contribution in [0.25, 0.3) is 0 Å². The maximum atomic E-state index is 11.6. The second-order valence-corrected chi connectivity index (χ2v) is 4.52. The third-order valence-corrected chi connectivity index (χ3v) is 2.97. The SMILES string of the molecule is [B]C([B])(O)C1CCC(n2cc(C)c(=O)[nH]c2=O)O1. The van der Waals surface area contributed by atoms with Crippen LogP contribution >= 0.6 is 0 Å². The minimum Gasteiger partial charge on any atom is -0.407 e. The molecule has 1 fully saturated rings. The summed E-state index contributed by atoms with van der Waals surface area (Å²) in [6.07, 6.45) is 0.990. The van der Waals surface area contributed by atoms with Crippen molar-refractivity contribution >= 4 is 15.7 Å². The van der Waals surface area contributed by atoms with E-state index in [0.29, 0.717) is 18.4 Å². The molecule has 2 atom stereocenters. The molecule has 4 radical (unpaired) electrons. The van der Waals surface area contributed by atoms with E-state index >= 15 is 0 Å². The molecule has 1 aliphatic rings. The van der Waals surface area contributed by atoms with Gasteiger partial charge in [0.2, 0.25) is 0 Å². The van der Waals surface area contributed by atoms with Gasteiger partial charge in [-0.2, -0.15) is 0 Å². The summed E-state index contributed by atoms with van der Waals surface area (Å²) in [6, 6.07) is 0. The van der Waals surface area contributed by atoms with Crippen LogP contribution < -0.4 is 11.2 Å². The van der Waals surface area contributed by atoms with E-state index in [1.54, 1.807) is 6.92 Å². The van der Waals surface area contributed by atoms with Gasteiger partial charge in [0.15, 0.2) is 0 Å². The van der Waals surface area contributed by atoms with Gasteiger partial charge in [0.25, 0.3) is 5.56 Å². The topological polar surface area (TPSA) is 84.3 Å². The van der Waals surface area contributed by atoms with Gasteiger partial charge >= 0.3 is 5.69 Å². The summed E-state index contributed by atoms with van der Waals surface area (Å²) in [7, 11) is 10.7. The molecule has 2 rings (SSSR count). The molecule has 1 aromatic heterocycles. The van der Waals surface area contributed by atoms with Crippen LogP contribution in [0.5, 0.6) is 0 Å². The lowest BCUT2D eigenvalue weighted by atomic mass is 9.61. The van der Waals surface area contributed by atoms with E-state index in [9.17, 15) is 14.7 Å². The van der Waals surface area contributed by atoms with Crippen molar-refractivity contribution < 1.29 is 9.84 Å². The van der Waals surface area contributed by atoms with Crippen molar-refractivity contribution in [2.75, 3.05) is 0 Å². The van der Waals surface area contributed by atoms with Crippen LogP contribution in [0.3, 0.4) is 0 Å². The Labute approximate surface area is 106 Å². The number of aromatic amines is 1. The Kier molecular flexibility index (Phi) is 3.25. The number of H-pyrrole nitrogens is 1. The van der Waals surface area contributed by atoms with Crippen LogP contribution in [0.2, 0.25) is 0 Å². The van der Waals surface area contributed by atoms with Gasteiger partial charge in [-0.3, -0.25) is 14.3 Å². The molecule has 8 heteroatoms. The Morgan fingerprint density at radius 1 is 1.50 bits per heavy atom. The first-order valence-corrected chi connectivity index (χ1v) is 5.56. The number of aryl methyl sites for hydroxylation is 1. The third kappa shape index (κ3) is 2.44. The van der Waals surface area contributed by atoms with Gasteiger partial charge in [-0.25, -0.2) is 4.79 Å². The highest BCUT2D eigenvalue weighted by Gasteiger charge is 2.35. The standard InChI is InChI=1S/C10H12B2N2O4/c1-5-4-14(9(16)13-8(5)15)7-3-2-6(18-7)10(11,12)17/h4,6-7,17H,2-3H2,1H3,(H,13,15,16). The Bertz CT molecular complexity index is 560. The van der Waals surface area contributed by atoms with Crippen LogP contribution in [0.15, 0.2) is 15.8 Å². The van der Waals surface area contributed by atoms with E-state index in [2.05, 4.69) is 4.98 Å². The monoisotopic (exact) mass is 246 g/mol. The van der Waals surface area contributed by atoms with Gasteiger partial charge in [0, 0.05) is 17.2 Å². The molecule has 0 spiro atoms. The van der Waals surface area contributed by atoms with E-state index in [1.807, 2.05) is 0 Å². The molecule has 2 N–H and O–H groups in total. The van der Waals surface area contributed by atoms with Crippen molar-refractivity contribution in [2.45, 2.75) is 37.5 Å². The fourth-order valence-electron chi connectivity index (χ4n) is 1.96. The lowest BCUT2D eigenvalue weighted by Gasteiger charge is -2.26. The van der Waals surface area contributed by atoms with Gasteiger partial charge in [-0.15, -0.1) is 0 Å². The van der Waals surface area contributed by atoms with Gasteiger partial charge in [0.1, 0.15) is 21.9 Å². The third-order valence-electron chi connectivity index (χ3n) is 2.97. The number of aliphatic hydroxyl groups is 1. The lowest BCUT2D eigenvalue weighted by Crippen LogP contribution is -2.43. The Morgan fingerprint density at radius 3 is 2.72 bits per heavy atom. The van der Waals surface area contributed by atoms with E-state index in [0.717, 1.165) is 0 Å². The molecule has 0 saturated carbocycles. The van der Waals surface area contributed by atoms with E-state index in [4.69, 9.17) is 20.4 Å². The van der Waals surface area contributed by atoms with Crippen molar-refractivity contribution in [3.8, 4) is 0 Å². The zero-order chi connectivity index (χ0) is 13.5. The summed E-state index contributed by atoms with van der Waals surface area (Å²) < 4.78 is 6.69. The van der Waals surface area contributed by atoms with E-state index < -0.39 is 29.0 Å². The maximum Gasteiger partial charge on any atom is 0.330 e.